The Hall–Kier alpha value is -0.330. The van der Waals surface area contributed by atoms with Crippen molar-refractivity contribution in [2.24, 2.45) is 0 Å². The molecule has 0 aromatic carbocycles. The molecule has 96 valence electrons. The molecule has 0 aromatic rings. The summed E-state index contributed by atoms with van der Waals surface area (Å²) in [5.41, 5.74) is -0.476. The normalized spacial score (nSPS) is 33.0. The van der Waals surface area contributed by atoms with Gasteiger partial charge in [-0.05, 0) is 33.2 Å². The van der Waals surface area contributed by atoms with Gasteiger partial charge in [-0.2, -0.15) is 13.2 Å². The fraction of sp³-hybridized carbons (Fsp3) is 1.00. The molecule has 2 N–H and O–H groups in total. The van der Waals surface area contributed by atoms with Crippen LogP contribution in [0.3, 0.4) is 0 Å². The third-order valence-corrected chi connectivity index (χ3v) is 3.25. The van der Waals surface area contributed by atoms with E-state index in [2.05, 4.69) is 5.32 Å². The Bertz CT molecular complexity index is 229. The van der Waals surface area contributed by atoms with E-state index in [0.717, 1.165) is 6.92 Å². The van der Waals surface area contributed by atoms with Crippen LogP contribution in [0.4, 0.5) is 13.2 Å². The fourth-order valence-electron chi connectivity index (χ4n) is 2.01. The zero-order valence-corrected chi connectivity index (χ0v) is 9.47. The number of hydrogen-bond donors (Lipinski definition) is 2. The summed E-state index contributed by atoms with van der Waals surface area (Å²) in [4.78, 5) is 0. The topological polar surface area (TPSA) is 41.5 Å². The third kappa shape index (κ3) is 3.09. The first-order valence-corrected chi connectivity index (χ1v) is 5.35. The van der Waals surface area contributed by atoms with E-state index in [1.54, 1.807) is 7.05 Å². The molecular formula is C10H18F3NO2. The van der Waals surface area contributed by atoms with Crippen LogP contribution in [0.15, 0.2) is 0 Å². The predicted molar refractivity (Wildman–Crippen MR) is 53.1 cm³/mol. The zero-order chi connectivity index (χ0) is 12.4. The van der Waals surface area contributed by atoms with E-state index in [1.165, 1.54) is 0 Å². The first-order valence-electron chi connectivity index (χ1n) is 5.35. The first kappa shape index (κ1) is 13.7. The second kappa shape index (κ2) is 4.89. The summed E-state index contributed by atoms with van der Waals surface area (Å²) in [5.74, 6) is 0. The Morgan fingerprint density at radius 1 is 1.56 bits per heavy atom. The largest absolute Gasteiger partial charge is 0.414 e. The Kier molecular flexibility index (Phi) is 4.20. The summed E-state index contributed by atoms with van der Waals surface area (Å²) in [7, 11) is 1.70. The highest BCUT2D eigenvalue weighted by Crippen LogP contribution is 2.34. The fourth-order valence-corrected chi connectivity index (χ4v) is 2.01. The minimum Gasteiger partial charge on any atom is -0.394 e. The molecule has 0 heterocycles. The summed E-state index contributed by atoms with van der Waals surface area (Å²) in [6.45, 7) is 0.933. The van der Waals surface area contributed by atoms with Gasteiger partial charge < -0.3 is 15.2 Å². The van der Waals surface area contributed by atoms with Crippen LogP contribution >= 0.6 is 0 Å². The summed E-state index contributed by atoms with van der Waals surface area (Å²) in [6.07, 6.45) is -4.90. The number of aliphatic hydroxyl groups excluding tert-OH is 1. The van der Waals surface area contributed by atoms with Crippen LogP contribution in [0, 0.1) is 0 Å². The van der Waals surface area contributed by atoms with Gasteiger partial charge in [-0.25, -0.2) is 0 Å². The number of hydrogen-bond acceptors (Lipinski definition) is 3. The molecule has 0 spiro atoms. The van der Waals surface area contributed by atoms with Gasteiger partial charge in [0.25, 0.3) is 0 Å². The first-order chi connectivity index (χ1) is 7.33. The molecule has 0 bridgehead atoms. The molecule has 0 saturated heterocycles. The highest BCUT2D eigenvalue weighted by molar-refractivity contribution is 4.96. The van der Waals surface area contributed by atoms with Crippen molar-refractivity contribution in [1.29, 1.82) is 0 Å². The van der Waals surface area contributed by atoms with Crippen LogP contribution in [0.2, 0.25) is 0 Å². The van der Waals surface area contributed by atoms with Gasteiger partial charge in [0.05, 0.1) is 12.7 Å². The second-order valence-corrected chi connectivity index (χ2v) is 4.37. The molecule has 0 aromatic heterocycles. The lowest BCUT2D eigenvalue weighted by molar-refractivity contribution is -0.226. The van der Waals surface area contributed by atoms with E-state index in [-0.39, 0.29) is 6.61 Å². The highest BCUT2D eigenvalue weighted by atomic mass is 19.4. The monoisotopic (exact) mass is 241 g/mol. The van der Waals surface area contributed by atoms with Crippen LogP contribution < -0.4 is 5.32 Å². The summed E-state index contributed by atoms with van der Waals surface area (Å²) in [6, 6.07) is 0. The van der Waals surface area contributed by atoms with Crippen molar-refractivity contribution < 1.29 is 23.0 Å². The van der Waals surface area contributed by atoms with Gasteiger partial charge in [0.15, 0.2) is 6.10 Å². The van der Waals surface area contributed by atoms with E-state index in [0.29, 0.717) is 19.3 Å². The van der Waals surface area contributed by atoms with Gasteiger partial charge in [0, 0.05) is 5.54 Å². The molecule has 0 amide bonds. The smallest absolute Gasteiger partial charge is 0.394 e. The summed E-state index contributed by atoms with van der Waals surface area (Å²) in [5, 5.41) is 12.1. The van der Waals surface area contributed by atoms with Crippen molar-refractivity contribution in [3.8, 4) is 0 Å². The van der Waals surface area contributed by atoms with Crippen molar-refractivity contribution >= 4 is 0 Å². The average Bonchev–Trinajstić information content (AvgIpc) is 2.61. The minimum atomic E-state index is -4.32. The second-order valence-electron chi connectivity index (χ2n) is 4.37. The van der Waals surface area contributed by atoms with E-state index in [9.17, 15) is 18.3 Å². The van der Waals surface area contributed by atoms with Gasteiger partial charge in [-0.3, -0.25) is 0 Å². The third-order valence-electron chi connectivity index (χ3n) is 3.25. The number of ether oxygens (including phenoxy) is 1. The average molecular weight is 241 g/mol. The predicted octanol–water partition coefficient (Wildman–Crippen LogP) is 1.46. The number of rotatable bonds is 4. The molecule has 1 aliphatic carbocycles. The van der Waals surface area contributed by atoms with Gasteiger partial charge in [-0.15, -0.1) is 0 Å². The van der Waals surface area contributed by atoms with Crippen LogP contribution in [-0.2, 0) is 4.74 Å². The molecule has 3 unspecified atom stereocenters. The number of halogens is 3. The number of alkyl halides is 3. The van der Waals surface area contributed by atoms with Crippen molar-refractivity contribution in [2.75, 3.05) is 13.7 Å². The number of aliphatic hydroxyl groups is 1. The molecule has 3 atom stereocenters. The van der Waals surface area contributed by atoms with Crippen LogP contribution in [-0.4, -0.2) is 42.7 Å². The molecule has 3 nitrogen and oxygen atoms in total. The molecule has 6 heteroatoms. The van der Waals surface area contributed by atoms with Crippen molar-refractivity contribution in [3.05, 3.63) is 0 Å². The zero-order valence-electron chi connectivity index (χ0n) is 9.47. The van der Waals surface area contributed by atoms with E-state index in [4.69, 9.17) is 4.74 Å². The van der Waals surface area contributed by atoms with Crippen LogP contribution in [0.5, 0.6) is 0 Å². The lowest BCUT2D eigenvalue weighted by Gasteiger charge is -2.27. The summed E-state index contributed by atoms with van der Waals surface area (Å²) >= 11 is 0. The molecule has 0 radical (unpaired) electrons. The Labute approximate surface area is 93.0 Å². The molecular weight excluding hydrogens is 223 g/mol. The quantitative estimate of drug-likeness (QED) is 0.783. The lowest BCUT2D eigenvalue weighted by atomic mass is 9.99. The molecule has 16 heavy (non-hydrogen) atoms. The van der Waals surface area contributed by atoms with E-state index < -0.39 is 23.9 Å². The van der Waals surface area contributed by atoms with Crippen LogP contribution in [0.1, 0.15) is 26.2 Å². The van der Waals surface area contributed by atoms with Crippen molar-refractivity contribution in [2.45, 2.75) is 50.1 Å². The van der Waals surface area contributed by atoms with Gasteiger partial charge >= 0.3 is 6.18 Å². The molecule has 1 fully saturated rings. The molecule has 1 saturated carbocycles. The Morgan fingerprint density at radius 2 is 2.19 bits per heavy atom. The van der Waals surface area contributed by atoms with E-state index >= 15 is 0 Å². The standard InChI is InChI=1S/C10H18F3NO2/c1-7(10(11,12)13)16-8-3-4-9(5-8,6-15)14-2/h7-8,14-15H,3-6H2,1-2H3. The van der Waals surface area contributed by atoms with E-state index in [1.807, 2.05) is 0 Å². The molecule has 0 aliphatic heterocycles. The maximum Gasteiger partial charge on any atom is 0.414 e. The number of likely N-dealkylation sites (N-methyl/N-ethyl adjacent to an activating group) is 1. The van der Waals surface area contributed by atoms with Gasteiger partial charge in [0.1, 0.15) is 0 Å². The van der Waals surface area contributed by atoms with Gasteiger partial charge in [0.2, 0.25) is 0 Å². The molecule has 1 aliphatic rings. The van der Waals surface area contributed by atoms with Gasteiger partial charge in [-0.1, -0.05) is 0 Å². The maximum atomic E-state index is 12.3. The Morgan fingerprint density at radius 3 is 2.56 bits per heavy atom. The SMILES string of the molecule is CNC1(CO)CCC(OC(C)C(F)(F)F)C1. The molecule has 1 rings (SSSR count). The minimum absolute atomic E-state index is 0.0796. The highest BCUT2D eigenvalue weighted by Gasteiger charge is 2.43. The van der Waals surface area contributed by atoms with Crippen molar-refractivity contribution in [3.63, 3.8) is 0 Å². The maximum absolute atomic E-state index is 12.3. The van der Waals surface area contributed by atoms with Crippen molar-refractivity contribution in [1.82, 2.24) is 5.32 Å². The van der Waals surface area contributed by atoms with Crippen LogP contribution in [0.25, 0.3) is 0 Å². The Balaban J connectivity index is 2.48. The summed E-state index contributed by atoms with van der Waals surface area (Å²) < 4.78 is 41.8. The number of nitrogens with one attached hydrogen (secondary N) is 1. The lowest BCUT2D eigenvalue weighted by Crippen LogP contribution is -2.45.